The molecule has 1 aliphatic rings. The fourth-order valence-corrected chi connectivity index (χ4v) is 5.30. The Balaban J connectivity index is 1.78. The van der Waals surface area contributed by atoms with Crippen LogP contribution in [0.5, 0.6) is 0 Å². The average molecular weight is 339 g/mol. The van der Waals surface area contributed by atoms with Crippen molar-refractivity contribution < 1.29 is 12.8 Å². The molecule has 0 N–H and O–H groups in total. The Morgan fingerprint density at radius 3 is 2.55 bits per heavy atom. The third-order valence-corrected chi connectivity index (χ3v) is 6.57. The van der Waals surface area contributed by atoms with Gasteiger partial charge in [-0.2, -0.15) is 0 Å². The predicted octanol–water partition coefficient (Wildman–Crippen LogP) is 3.08. The summed E-state index contributed by atoms with van der Waals surface area (Å²) in [7, 11) is -2.92. The molecule has 0 aliphatic carbocycles. The van der Waals surface area contributed by atoms with Crippen LogP contribution in [0.2, 0.25) is 0 Å². The predicted molar refractivity (Wildman–Crippen MR) is 87.0 cm³/mol. The van der Waals surface area contributed by atoms with Gasteiger partial charge >= 0.3 is 0 Å². The highest BCUT2D eigenvalue weighted by molar-refractivity contribution is 7.91. The molecule has 0 spiro atoms. The van der Waals surface area contributed by atoms with Crippen molar-refractivity contribution in [3.63, 3.8) is 0 Å². The lowest BCUT2D eigenvalue weighted by Crippen LogP contribution is -2.35. The summed E-state index contributed by atoms with van der Waals surface area (Å²) in [6.07, 6.45) is 0.675. The first kappa shape index (κ1) is 15.6. The lowest BCUT2D eigenvalue weighted by atomic mass is 10.1. The summed E-state index contributed by atoms with van der Waals surface area (Å²) in [5.41, 5.74) is 1.00. The van der Waals surface area contributed by atoms with E-state index in [1.807, 2.05) is 11.4 Å². The van der Waals surface area contributed by atoms with Crippen LogP contribution in [0.25, 0.3) is 0 Å². The standard InChI is InChI=1S/C16H18FNO2S2/c17-14-5-3-13(4-6-14)10-18(11-16-2-1-8-21-16)15-7-9-22(19,20)12-15/h1-6,8,15H,7,9-12H2. The van der Waals surface area contributed by atoms with Gasteiger partial charge in [0.15, 0.2) is 9.84 Å². The lowest BCUT2D eigenvalue weighted by Gasteiger charge is -2.27. The Morgan fingerprint density at radius 2 is 1.95 bits per heavy atom. The van der Waals surface area contributed by atoms with Gasteiger partial charge < -0.3 is 0 Å². The second kappa shape index (κ2) is 6.48. The normalized spacial score (nSPS) is 20.5. The van der Waals surface area contributed by atoms with Crippen molar-refractivity contribution in [1.29, 1.82) is 0 Å². The van der Waals surface area contributed by atoms with Gasteiger partial charge in [-0.15, -0.1) is 11.3 Å². The van der Waals surface area contributed by atoms with Gasteiger partial charge in [0.25, 0.3) is 0 Å². The first-order valence-electron chi connectivity index (χ1n) is 7.23. The quantitative estimate of drug-likeness (QED) is 0.840. The second-order valence-electron chi connectivity index (χ2n) is 5.67. The number of benzene rings is 1. The third kappa shape index (κ3) is 3.94. The molecular formula is C16H18FNO2S2. The minimum atomic E-state index is -2.92. The summed E-state index contributed by atoms with van der Waals surface area (Å²) in [5, 5.41) is 2.02. The van der Waals surface area contributed by atoms with Crippen molar-refractivity contribution in [3.05, 3.63) is 58.0 Å². The van der Waals surface area contributed by atoms with Crippen LogP contribution in [0.4, 0.5) is 4.39 Å². The van der Waals surface area contributed by atoms with Crippen LogP contribution < -0.4 is 0 Å². The Kier molecular flexibility index (Phi) is 4.61. The van der Waals surface area contributed by atoms with Crippen molar-refractivity contribution in [3.8, 4) is 0 Å². The maximum Gasteiger partial charge on any atom is 0.151 e. The van der Waals surface area contributed by atoms with Crippen molar-refractivity contribution in [2.75, 3.05) is 11.5 Å². The molecule has 1 aliphatic heterocycles. The molecule has 1 aromatic heterocycles. The molecule has 3 nitrogen and oxygen atoms in total. The highest BCUT2D eigenvalue weighted by atomic mass is 32.2. The summed E-state index contributed by atoms with van der Waals surface area (Å²) in [6.45, 7) is 1.37. The molecule has 0 saturated carbocycles. The number of thiophene rings is 1. The van der Waals surface area contributed by atoms with Crippen LogP contribution in [0.1, 0.15) is 16.9 Å². The summed E-state index contributed by atoms with van der Waals surface area (Å²) < 4.78 is 36.6. The molecule has 1 saturated heterocycles. The fraction of sp³-hybridized carbons (Fsp3) is 0.375. The monoisotopic (exact) mass is 339 g/mol. The van der Waals surface area contributed by atoms with Gasteiger partial charge in [-0.3, -0.25) is 4.90 Å². The molecule has 1 atom stereocenters. The molecule has 0 amide bonds. The first-order chi connectivity index (χ1) is 10.5. The van der Waals surface area contributed by atoms with Gasteiger partial charge in [-0.25, -0.2) is 12.8 Å². The van der Waals surface area contributed by atoms with Gasteiger partial charge in [0.1, 0.15) is 5.82 Å². The summed E-state index contributed by atoms with van der Waals surface area (Å²) in [4.78, 5) is 3.41. The van der Waals surface area contributed by atoms with E-state index in [9.17, 15) is 12.8 Å². The number of nitrogens with zero attached hydrogens (tertiary/aromatic N) is 1. The number of rotatable bonds is 5. The number of hydrogen-bond donors (Lipinski definition) is 0. The van der Waals surface area contributed by atoms with E-state index in [0.29, 0.717) is 13.0 Å². The lowest BCUT2D eigenvalue weighted by molar-refractivity contribution is 0.196. The minimum Gasteiger partial charge on any atom is -0.290 e. The zero-order valence-electron chi connectivity index (χ0n) is 12.1. The third-order valence-electron chi connectivity index (χ3n) is 3.96. The maximum absolute atomic E-state index is 13.0. The number of hydrogen-bond acceptors (Lipinski definition) is 4. The van der Waals surface area contributed by atoms with E-state index >= 15 is 0 Å². The van der Waals surface area contributed by atoms with Crippen molar-refractivity contribution >= 4 is 21.2 Å². The molecule has 1 fully saturated rings. The SMILES string of the molecule is O=S1(=O)CCC(N(Cc2ccc(F)cc2)Cc2cccs2)C1. The summed E-state index contributed by atoms with van der Waals surface area (Å²) >= 11 is 1.67. The van der Waals surface area contributed by atoms with E-state index in [1.54, 1.807) is 23.5 Å². The zero-order chi connectivity index (χ0) is 15.6. The topological polar surface area (TPSA) is 37.4 Å². The van der Waals surface area contributed by atoms with Gasteiger partial charge in [0.05, 0.1) is 11.5 Å². The number of sulfone groups is 1. The molecular weight excluding hydrogens is 321 g/mol. The molecule has 0 bridgehead atoms. The molecule has 1 aromatic carbocycles. The Hall–Kier alpha value is -1.24. The van der Waals surface area contributed by atoms with E-state index < -0.39 is 9.84 Å². The Labute approximate surface area is 134 Å². The second-order valence-corrected chi connectivity index (χ2v) is 8.93. The first-order valence-corrected chi connectivity index (χ1v) is 9.93. The molecule has 3 rings (SSSR count). The van der Waals surface area contributed by atoms with Crippen LogP contribution in [0, 0.1) is 5.82 Å². The largest absolute Gasteiger partial charge is 0.290 e. The van der Waals surface area contributed by atoms with Crippen LogP contribution >= 0.6 is 11.3 Å². The van der Waals surface area contributed by atoms with E-state index in [1.165, 1.54) is 17.0 Å². The molecule has 1 unspecified atom stereocenters. The molecule has 0 radical (unpaired) electrons. The van der Waals surface area contributed by atoms with Crippen molar-refractivity contribution in [1.82, 2.24) is 4.90 Å². The van der Waals surface area contributed by atoms with E-state index in [0.717, 1.165) is 12.1 Å². The van der Waals surface area contributed by atoms with Gasteiger partial charge in [0, 0.05) is 24.0 Å². The fourth-order valence-electron chi connectivity index (χ4n) is 2.80. The van der Waals surface area contributed by atoms with Crippen LogP contribution in [0.3, 0.4) is 0 Å². The van der Waals surface area contributed by atoms with Crippen molar-refractivity contribution in [2.45, 2.75) is 25.6 Å². The molecule has 118 valence electrons. The van der Waals surface area contributed by atoms with Crippen LogP contribution in [0.15, 0.2) is 41.8 Å². The number of halogens is 1. The minimum absolute atomic E-state index is 0.0390. The van der Waals surface area contributed by atoms with E-state index in [-0.39, 0.29) is 23.4 Å². The highest BCUT2D eigenvalue weighted by Gasteiger charge is 2.32. The van der Waals surface area contributed by atoms with E-state index in [4.69, 9.17) is 0 Å². The summed E-state index contributed by atoms with van der Waals surface area (Å²) in [6, 6.07) is 10.5. The molecule has 6 heteroatoms. The highest BCUT2D eigenvalue weighted by Crippen LogP contribution is 2.23. The van der Waals surface area contributed by atoms with Gasteiger partial charge in [-0.1, -0.05) is 18.2 Å². The Morgan fingerprint density at radius 1 is 1.18 bits per heavy atom. The Bertz CT molecular complexity index is 711. The summed E-state index contributed by atoms with van der Waals surface area (Å²) in [5.74, 6) is 0.235. The van der Waals surface area contributed by atoms with Gasteiger partial charge in [-0.05, 0) is 35.6 Å². The van der Waals surface area contributed by atoms with Crippen LogP contribution in [-0.2, 0) is 22.9 Å². The van der Waals surface area contributed by atoms with Gasteiger partial charge in [0.2, 0.25) is 0 Å². The molecule has 22 heavy (non-hydrogen) atoms. The smallest absolute Gasteiger partial charge is 0.151 e. The molecule has 2 aromatic rings. The average Bonchev–Trinajstić information content (AvgIpc) is 3.10. The van der Waals surface area contributed by atoms with E-state index in [2.05, 4.69) is 11.0 Å². The maximum atomic E-state index is 13.0. The van der Waals surface area contributed by atoms with Crippen molar-refractivity contribution in [2.24, 2.45) is 0 Å². The molecule has 2 heterocycles. The zero-order valence-corrected chi connectivity index (χ0v) is 13.7. The van der Waals surface area contributed by atoms with Crippen LogP contribution in [-0.4, -0.2) is 30.9 Å².